The Hall–Kier alpha value is -2.22. The molecule has 0 aromatic heterocycles. The van der Waals surface area contributed by atoms with E-state index in [2.05, 4.69) is 0 Å². The molecule has 1 N–H and O–H groups in total. The SMILES string of the molecule is N#CC(Cc1cccc2c1OCO2)C(=O)O. The number of hydrogen-bond donors (Lipinski definition) is 1. The lowest BCUT2D eigenvalue weighted by Gasteiger charge is -2.06. The maximum absolute atomic E-state index is 10.7. The van der Waals surface area contributed by atoms with Crippen LogP contribution in [0.15, 0.2) is 18.2 Å². The van der Waals surface area contributed by atoms with Crippen LogP contribution in [0.25, 0.3) is 0 Å². The minimum Gasteiger partial charge on any atom is -0.480 e. The van der Waals surface area contributed by atoms with Gasteiger partial charge < -0.3 is 14.6 Å². The molecule has 0 amide bonds. The molecule has 5 heteroatoms. The summed E-state index contributed by atoms with van der Waals surface area (Å²) in [5.41, 5.74) is 0.684. The molecule has 5 nitrogen and oxygen atoms in total. The van der Waals surface area contributed by atoms with Crippen LogP contribution in [0.3, 0.4) is 0 Å². The molecule has 2 rings (SSSR count). The zero-order chi connectivity index (χ0) is 11.5. The van der Waals surface area contributed by atoms with E-state index < -0.39 is 11.9 Å². The van der Waals surface area contributed by atoms with E-state index in [1.807, 2.05) is 0 Å². The Morgan fingerprint density at radius 2 is 2.38 bits per heavy atom. The quantitative estimate of drug-likeness (QED) is 0.825. The first-order valence-corrected chi connectivity index (χ1v) is 4.72. The summed E-state index contributed by atoms with van der Waals surface area (Å²) in [6.45, 7) is 0.136. The predicted molar refractivity (Wildman–Crippen MR) is 53.0 cm³/mol. The number of hydrogen-bond acceptors (Lipinski definition) is 4. The van der Waals surface area contributed by atoms with E-state index in [9.17, 15) is 4.79 Å². The van der Waals surface area contributed by atoms with Crippen LogP contribution in [-0.4, -0.2) is 17.9 Å². The Balaban J connectivity index is 2.26. The number of fused-ring (bicyclic) bond motifs is 1. The predicted octanol–water partition coefficient (Wildman–Crippen LogP) is 1.18. The van der Waals surface area contributed by atoms with Crippen LogP contribution in [0.4, 0.5) is 0 Å². The smallest absolute Gasteiger partial charge is 0.321 e. The van der Waals surface area contributed by atoms with Crippen LogP contribution in [-0.2, 0) is 11.2 Å². The maximum Gasteiger partial charge on any atom is 0.321 e. The number of carboxylic acids is 1. The van der Waals surface area contributed by atoms with Gasteiger partial charge in [-0.15, -0.1) is 0 Å². The number of ether oxygens (including phenoxy) is 2. The molecule has 1 aliphatic heterocycles. The molecule has 1 aliphatic rings. The molecule has 0 aliphatic carbocycles. The van der Waals surface area contributed by atoms with Crippen molar-refractivity contribution in [1.29, 1.82) is 5.26 Å². The lowest BCUT2D eigenvalue weighted by molar-refractivity contribution is -0.139. The maximum atomic E-state index is 10.7. The van der Waals surface area contributed by atoms with Gasteiger partial charge in [0.15, 0.2) is 11.5 Å². The van der Waals surface area contributed by atoms with Gasteiger partial charge in [0.2, 0.25) is 6.79 Å². The first kappa shape index (κ1) is 10.3. The third-order valence-corrected chi connectivity index (χ3v) is 2.36. The lowest BCUT2D eigenvalue weighted by atomic mass is 10.00. The Bertz CT molecular complexity index is 464. The fourth-order valence-corrected chi connectivity index (χ4v) is 1.56. The van der Waals surface area contributed by atoms with Gasteiger partial charge in [-0.05, 0) is 6.07 Å². The molecule has 1 heterocycles. The summed E-state index contributed by atoms with van der Waals surface area (Å²) in [4.78, 5) is 10.7. The Kier molecular flexibility index (Phi) is 2.64. The van der Waals surface area contributed by atoms with E-state index in [-0.39, 0.29) is 13.2 Å². The molecule has 0 spiro atoms. The van der Waals surface area contributed by atoms with E-state index in [0.29, 0.717) is 17.1 Å². The van der Waals surface area contributed by atoms with E-state index in [4.69, 9.17) is 19.8 Å². The number of nitriles is 1. The summed E-state index contributed by atoms with van der Waals surface area (Å²) in [6.07, 6.45) is 0.123. The first-order valence-electron chi connectivity index (χ1n) is 4.72. The van der Waals surface area contributed by atoms with Gasteiger partial charge in [0.05, 0.1) is 6.07 Å². The summed E-state index contributed by atoms with van der Waals surface area (Å²) < 4.78 is 10.4. The molecule has 82 valence electrons. The molecule has 0 saturated heterocycles. The van der Waals surface area contributed by atoms with Crippen molar-refractivity contribution in [2.45, 2.75) is 6.42 Å². The lowest BCUT2D eigenvalue weighted by Crippen LogP contribution is -2.14. The van der Waals surface area contributed by atoms with Gasteiger partial charge in [0.1, 0.15) is 5.92 Å². The number of rotatable bonds is 3. The summed E-state index contributed by atoms with van der Waals surface area (Å²) in [7, 11) is 0. The molecule has 0 bridgehead atoms. The number of carbonyl (C=O) groups is 1. The van der Waals surface area contributed by atoms with Crippen molar-refractivity contribution in [2.75, 3.05) is 6.79 Å². The Morgan fingerprint density at radius 3 is 3.06 bits per heavy atom. The number of aliphatic carboxylic acids is 1. The van der Waals surface area contributed by atoms with E-state index in [1.54, 1.807) is 24.3 Å². The van der Waals surface area contributed by atoms with Crippen molar-refractivity contribution < 1.29 is 19.4 Å². The second kappa shape index (κ2) is 4.11. The molecule has 0 radical (unpaired) electrons. The third-order valence-electron chi connectivity index (χ3n) is 2.36. The zero-order valence-corrected chi connectivity index (χ0v) is 8.34. The van der Waals surface area contributed by atoms with Gasteiger partial charge in [-0.25, -0.2) is 0 Å². The molecule has 1 unspecified atom stereocenters. The van der Waals surface area contributed by atoms with Gasteiger partial charge in [-0.3, -0.25) is 4.79 Å². The number of carboxylic acid groups (broad SMARTS) is 1. The molecule has 1 aromatic carbocycles. The van der Waals surface area contributed by atoms with Crippen LogP contribution < -0.4 is 9.47 Å². The fraction of sp³-hybridized carbons (Fsp3) is 0.273. The standard InChI is InChI=1S/C11H9NO4/c12-5-8(11(13)14)4-7-2-1-3-9-10(7)16-6-15-9/h1-3,8H,4,6H2,(H,13,14). The zero-order valence-electron chi connectivity index (χ0n) is 8.34. The number of nitrogens with zero attached hydrogens (tertiary/aromatic N) is 1. The average molecular weight is 219 g/mol. The molecule has 16 heavy (non-hydrogen) atoms. The van der Waals surface area contributed by atoms with Crippen molar-refractivity contribution in [3.63, 3.8) is 0 Å². The highest BCUT2D eigenvalue weighted by molar-refractivity contribution is 5.73. The van der Waals surface area contributed by atoms with E-state index >= 15 is 0 Å². The summed E-state index contributed by atoms with van der Waals surface area (Å²) in [6, 6.07) is 6.98. The van der Waals surface area contributed by atoms with Crippen molar-refractivity contribution >= 4 is 5.97 Å². The minimum atomic E-state index is -1.13. The molecule has 0 saturated carbocycles. The van der Waals surface area contributed by atoms with Crippen molar-refractivity contribution in [2.24, 2.45) is 5.92 Å². The normalized spacial score (nSPS) is 14.2. The van der Waals surface area contributed by atoms with Crippen LogP contribution in [0, 0.1) is 17.2 Å². The van der Waals surface area contributed by atoms with E-state index in [0.717, 1.165) is 0 Å². The van der Waals surface area contributed by atoms with Crippen LogP contribution in [0.1, 0.15) is 5.56 Å². The largest absolute Gasteiger partial charge is 0.480 e. The molecule has 0 fully saturated rings. The molecule has 1 atom stereocenters. The molecular formula is C11H9NO4. The molecule has 1 aromatic rings. The number of para-hydroxylation sites is 1. The van der Waals surface area contributed by atoms with E-state index in [1.165, 1.54) is 0 Å². The Labute approximate surface area is 91.8 Å². The second-order valence-electron chi connectivity index (χ2n) is 3.37. The van der Waals surface area contributed by atoms with Crippen molar-refractivity contribution in [1.82, 2.24) is 0 Å². The van der Waals surface area contributed by atoms with Crippen LogP contribution in [0.5, 0.6) is 11.5 Å². The third kappa shape index (κ3) is 1.77. The molecular weight excluding hydrogens is 210 g/mol. The highest BCUT2D eigenvalue weighted by atomic mass is 16.7. The van der Waals surface area contributed by atoms with Crippen molar-refractivity contribution in [3.05, 3.63) is 23.8 Å². The first-order chi connectivity index (χ1) is 7.72. The van der Waals surface area contributed by atoms with Gasteiger partial charge in [0.25, 0.3) is 0 Å². The summed E-state index contributed by atoms with van der Waals surface area (Å²) in [5, 5.41) is 17.5. The summed E-state index contributed by atoms with van der Waals surface area (Å²) in [5.74, 6) is -1.04. The Morgan fingerprint density at radius 1 is 1.56 bits per heavy atom. The monoisotopic (exact) mass is 219 g/mol. The topological polar surface area (TPSA) is 79.5 Å². The average Bonchev–Trinajstić information content (AvgIpc) is 2.73. The fourth-order valence-electron chi connectivity index (χ4n) is 1.56. The number of benzene rings is 1. The van der Waals surface area contributed by atoms with Gasteiger partial charge in [0, 0.05) is 12.0 Å². The van der Waals surface area contributed by atoms with Crippen LogP contribution >= 0.6 is 0 Å². The van der Waals surface area contributed by atoms with Crippen molar-refractivity contribution in [3.8, 4) is 17.6 Å². The van der Waals surface area contributed by atoms with Gasteiger partial charge in [-0.2, -0.15) is 5.26 Å². The highest BCUT2D eigenvalue weighted by Crippen LogP contribution is 2.36. The minimum absolute atomic E-state index is 0.123. The van der Waals surface area contributed by atoms with Crippen LogP contribution in [0.2, 0.25) is 0 Å². The van der Waals surface area contributed by atoms with Gasteiger partial charge >= 0.3 is 5.97 Å². The van der Waals surface area contributed by atoms with Gasteiger partial charge in [-0.1, -0.05) is 12.1 Å². The summed E-state index contributed by atoms with van der Waals surface area (Å²) >= 11 is 0. The highest BCUT2D eigenvalue weighted by Gasteiger charge is 2.23. The second-order valence-corrected chi connectivity index (χ2v) is 3.37.